The van der Waals surface area contributed by atoms with Gasteiger partial charge < -0.3 is 9.53 Å². The van der Waals surface area contributed by atoms with E-state index in [0.29, 0.717) is 12.7 Å². The van der Waals surface area contributed by atoms with E-state index in [4.69, 9.17) is 0 Å². The van der Waals surface area contributed by atoms with Gasteiger partial charge >= 0.3 is 5.97 Å². The van der Waals surface area contributed by atoms with Gasteiger partial charge in [0.1, 0.15) is 12.2 Å². The van der Waals surface area contributed by atoms with Gasteiger partial charge in [-0.05, 0) is 6.42 Å². The topological polar surface area (TPSA) is 43.4 Å². The van der Waals surface area contributed by atoms with E-state index in [1.165, 1.54) is 39.2 Å². The van der Waals surface area contributed by atoms with Crippen molar-refractivity contribution in [3.8, 4) is 0 Å². The number of carbonyl (C=O) groups is 2. The molecule has 16 heavy (non-hydrogen) atoms. The van der Waals surface area contributed by atoms with Crippen molar-refractivity contribution in [2.24, 2.45) is 5.92 Å². The third-order valence-corrected chi connectivity index (χ3v) is 2.79. The van der Waals surface area contributed by atoms with Crippen molar-refractivity contribution in [1.82, 2.24) is 0 Å². The molecule has 0 saturated carbocycles. The molecular weight excluding hydrogens is 204 g/mol. The lowest BCUT2D eigenvalue weighted by Gasteiger charge is -2.07. The summed E-state index contributed by atoms with van der Waals surface area (Å²) in [5, 5.41) is 0. The third kappa shape index (κ3) is 7.43. The fourth-order valence-electron chi connectivity index (χ4n) is 1.71. The summed E-state index contributed by atoms with van der Waals surface area (Å²) in [7, 11) is 1.32. The number of hydrogen-bond acceptors (Lipinski definition) is 3. The molecule has 0 rings (SSSR count). The first kappa shape index (κ1) is 15.1. The maximum Gasteiger partial charge on any atom is 0.315 e. The zero-order valence-electron chi connectivity index (χ0n) is 10.5. The number of aldehydes is 1. The van der Waals surface area contributed by atoms with Crippen LogP contribution in [-0.2, 0) is 14.3 Å². The van der Waals surface area contributed by atoms with Gasteiger partial charge in [0.15, 0.2) is 0 Å². The molecule has 0 radical (unpaired) electrons. The number of rotatable bonds is 10. The number of unbranched alkanes of at least 4 members (excludes halogenated alkanes) is 6. The van der Waals surface area contributed by atoms with Crippen LogP contribution in [0.2, 0.25) is 0 Å². The summed E-state index contributed by atoms with van der Waals surface area (Å²) < 4.78 is 4.54. The molecule has 0 saturated heterocycles. The van der Waals surface area contributed by atoms with Gasteiger partial charge in [-0.2, -0.15) is 0 Å². The number of methoxy groups -OCH3 is 1. The highest BCUT2D eigenvalue weighted by molar-refractivity contribution is 5.87. The van der Waals surface area contributed by atoms with E-state index in [9.17, 15) is 9.59 Å². The Kier molecular flexibility index (Phi) is 10.1. The van der Waals surface area contributed by atoms with Crippen LogP contribution < -0.4 is 0 Å². The van der Waals surface area contributed by atoms with E-state index in [1.54, 1.807) is 0 Å². The molecule has 3 heteroatoms. The van der Waals surface area contributed by atoms with E-state index in [-0.39, 0.29) is 0 Å². The van der Waals surface area contributed by atoms with Crippen molar-refractivity contribution in [3.05, 3.63) is 0 Å². The van der Waals surface area contributed by atoms with Crippen LogP contribution in [0.15, 0.2) is 0 Å². The molecule has 94 valence electrons. The Bertz CT molecular complexity index is 190. The van der Waals surface area contributed by atoms with Gasteiger partial charge in [-0.3, -0.25) is 4.79 Å². The molecule has 0 amide bonds. The lowest BCUT2D eigenvalue weighted by molar-refractivity contribution is -0.147. The molecule has 0 aromatic heterocycles. The normalized spacial score (nSPS) is 12.1. The van der Waals surface area contributed by atoms with E-state index < -0.39 is 11.9 Å². The quantitative estimate of drug-likeness (QED) is 0.250. The maximum absolute atomic E-state index is 11.1. The van der Waals surface area contributed by atoms with Gasteiger partial charge in [-0.1, -0.05) is 51.9 Å². The van der Waals surface area contributed by atoms with Crippen molar-refractivity contribution in [1.29, 1.82) is 0 Å². The van der Waals surface area contributed by atoms with Gasteiger partial charge in [-0.25, -0.2) is 0 Å². The van der Waals surface area contributed by atoms with Crippen LogP contribution in [0.5, 0.6) is 0 Å². The van der Waals surface area contributed by atoms with Crippen LogP contribution in [0.25, 0.3) is 0 Å². The Hall–Kier alpha value is -0.860. The SMILES string of the molecule is CCCCCCCCCC(C=O)C(=O)OC. The average Bonchev–Trinajstić information content (AvgIpc) is 2.32. The van der Waals surface area contributed by atoms with Crippen LogP contribution in [0, 0.1) is 5.92 Å². The Morgan fingerprint density at radius 1 is 1.12 bits per heavy atom. The van der Waals surface area contributed by atoms with Crippen molar-refractivity contribution in [2.75, 3.05) is 7.11 Å². The number of hydrogen-bond donors (Lipinski definition) is 0. The van der Waals surface area contributed by atoms with Crippen LogP contribution in [0.4, 0.5) is 0 Å². The van der Waals surface area contributed by atoms with Gasteiger partial charge in [0.05, 0.1) is 7.11 Å². The highest BCUT2D eigenvalue weighted by atomic mass is 16.5. The number of carbonyl (C=O) groups excluding carboxylic acids is 2. The fraction of sp³-hybridized carbons (Fsp3) is 0.846. The van der Waals surface area contributed by atoms with Crippen molar-refractivity contribution >= 4 is 12.3 Å². The van der Waals surface area contributed by atoms with Gasteiger partial charge in [0.25, 0.3) is 0 Å². The molecule has 0 N–H and O–H groups in total. The van der Waals surface area contributed by atoms with E-state index in [2.05, 4.69) is 11.7 Å². The highest BCUT2D eigenvalue weighted by Gasteiger charge is 2.16. The first-order valence-corrected chi connectivity index (χ1v) is 6.29. The monoisotopic (exact) mass is 228 g/mol. The minimum absolute atomic E-state index is 0.402. The molecule has 3 nitrogen and oxygen atoms in total. The summed E-state index contributed by atoms with van der Waals surface area (Å²) in [6.45, 7) is 2.20. The molecule has 1 atom stereocenters. The molecule has 0 aromatic carbocycles. The zero-order valence-corrected chi connectivity index (χ0v) is 10.5. The van der Waals surface area contributed by atoms with Crippen molar-refractivity contribution < 1.29 is 14.3 Å². The molecule has 0 bridgehead atoms. The Morgan fingerprint density at radius 2 is 1.69 bits per heavy atom. The lowest BCUT2D eigenvalue weighted by atomic mass is 10.0. The van der Waals surface area contributed by atoms with Gasteiger partial charge in [-0.15, -0.1) is 0 Å². The van der Waals surface area contributed by atoms with Gasteiger partial charge in [0.2, 0.25) is 0 Å². The fourth-order valence-corrected chi connectivity index (χ4v) is 1.71. The third-order valence-electron chi connectivity index (χ3n) is 2.79. The minimum atomic E-state index is -0.555. The summed E-state index contributed by atoms with van der Waals surface area (Å²) in [6.07, 6.45) is 9.69. The van der Waals surface area contributed by atoms with Crippen LogP contribution in [-0.4, -0.2) is 19.4 Å². The first-order valence-electron chi connectivity index (χ1n) is 6.29. The summed E-state index contributed by atoms with van der Waals surface area (Å²) >= 11 is 0. The van der Waals surface area contributed by atoms with E-state index >= 15 is 0 Å². The van der Waals surface area contributed by atoms with E-state index in [1.807, 2.05) is 0 Å². The molecule has 0 fully saturated rings. The van der Waals surface area contributed by atoms with Crippen LogP contribution >= 0.6 is 0 Å². The average molecular weight is 228 g/mol. The van der Waals surface area contributed by atoms with Crippen LogP contribution in [0.1, 0.15) is 58.3 Å². The largest absolute Gasteiger partial charge is 0.468 e. The Labute approximate surface area is 98.6 Å². The predicted octanol–water partition coefficient (Wildman–Crippen LogP) is 3.12. The molecular formula is C13H24O3. The predicted molar refractivity (Wildman–Crippen MR) is 64.2 cm³/mol. The summed E-state index contributed by atoms with van der Waals surface area (Å²) in [5.74, 6) is -0.957. The number of esters is 1. The first-order chi connectivity index (χ1) is 7.76. The molecule has 1 unspecified atom stereocenters. The standard InChI is InChI=1S/C13H24O3/c1-3-4-5-6-7-8-9-10-12(11-14)13(15)16-2/h11-12H,3-10H2,1-2H3. The second-order valence-electron chi connectivity index (χ2n) is 4.18. The van der Waals surface area contributed by atoms with Crippen molar-refractivity contribution in [2.45, 2.75) is 58.3 Å². The van der Waals surface area contributed by atoms with E-state index in [0.717, 1.165) is 12.8 Å². The second kappa shape index (κ2) is 10.7. The maximum atomic E-state index is 11.1. The molecule has 0 heterocycles. The summed E-state index contributed by atoms with van der Waals surface area (Å²) in [5.41, 5.74) is 0. The van der Waals surface area contributed by atoms with Gasteiger partial charge in [0, 0.05) is 0 Å². The second-order valence-corrected chi connectivity index (χ2v) is 4.18. The highest BCUT2D eigenvalue weighted by Crippen LogP contribution is 2.12. The minimum Gasteiger partial charge on any atom is -0.468 e. The molecule has 0 aliphatic rings. The molecule has 0 spiro atoms. The Balaban J connectivity index is 3.41. The van der Waals surface area contributed by atoms with Crippen LogP contribution in [0.3, 0.4) is 0 Å². The Morgan fingerprint density at radius 3 is 2.19 bits per heavy atom. The summed E-state index contributed by atoms with van der Waals surface area (Å²) in [4.78, 5) is 21.7. The molecule has 0 aromatic rings. The molecule has 0 aliphatic carbocycles. The molecule has 0 aliphatic heterocycles. The number of ether oxygens (including phenoxy) is 1. The smallest absolute Gasteiger partial charge is 0.315 e. The lowest BCUT2D eigenvalue weighted by Crippen LogP contribution is -2.17. The summed E-state index contributed by atoms with van der Waals surface area (Å²) in [6, 6.07) is 0. The zero-order chi connectivity index (χ0) is 12.2. The van der Waals surface area contributed by atoms with Crippen molar-refractivity contribution in [3.63, 3.8) is 0 Å².